The van der Waals surface area contributed by atoms with Gasteiger partial charge in [-0.05, 0) is 71.0 Å². The average Bonchev–Trinajstić information content (AvgIpc) is 3.00. The molecular formula is C33H41F3N6O4. The van der Waals surface area contributed by atoms with Crippen molar-refractivity contribution in [2.75, 3.05) is 50.7 Å². The first-order chi connectivity index (χ1) is 21.6. The number of nitrogens with one attached hydrogen (secondary N) is 1. The first kappa shape index (κ1) is 35.8. The maximum atomic E-state index is 12.6. The van der Waals surface area contributed by atoms with Crippen LogP contribution in [0, 0.1) is 0 Å². The second-order valence-electron chi connectivity index (χ2n) is 11.4. The molecule has 0 aliphatic heterocycles. The smallest absolute Gasteiger partial charge is 0.415 e. The third-order valence-electron chi connectivity index (χ3n) is 6.51. The molecule has 13 heteroatoms. The lowest BCUT2D eigenvalue weighted by atomic mass is 10.1. The summed E-state index contributed by atoms with van der Waals surface area (Å²) in [7, 11) is 4.65. The average molecular weight is 643 g/mol. The van der Waals surface area contributed by atoms with E-state index in [2.05, 4.69) is 21.9 Å². The Hall–Kier alpha value is -4.65. The Kier molecular flexibility index (Phi) is 12.1. The third kappa shape index (κ3) is 10.8. The minimum atomic E-state index is -4.29. The highest BCUT2D eigenvalue weighted by molar-refractivity contribution is 5.86. The highest BCUT2D eigenvalue weighted by Crippen LogP contribution is 2.27. The molecule has 2 heterocycles. The van der Waals surface area contributed by atoms with Crippen LogP contribution in [0.2, 0.25) is 0 Å². The fourth-order valence-corrected chi connectivity index (χ4v) is 4.16. The van der Waals surface area contributed by atoms with Crippen LogP contribution in [0.15, 0.2) is 78.7 Å². The van der Waals surface area contributed by atoms with Gasteiger partial charge in [-0.2, -0.15) is 13.2 Å². The molecule has 0 saturated heterocycles. The number of fused-ring (bicyclic) bond motifs is 1. The molecule has 46 heavy (non-hydrogen) atoms. The van der Waals surface area contributed by atoms with E-state index in [1.54, 1.807) is 78.5 Å². The Labute approximate surface area is 267 Å². The summed E-state index contributed by atoms with van der Waals surface area (Å²) < 4.78 is 54.0. The molecule has 2 aromatic heterocycles. The molecule has 3 aromatic rings. The topological polar surface area (TPSA) is 102 Å². The second kappa shape index (κ2) is 15.6. The van der Waals surface area contributed by atoms with Crippen molar-refractivity contribution in [3.63, 3.8) is 0 Å². The van der Waals surface area contributed by atoms with E-state index in [1.165, 1.54) is 12.0 Å². The Bertz CT molecular complexity index is 1570. The lowest BCUT2D eigenvalue weighted by Gasteiger charge is -2.26. The molecule has 3 rings (SSSR count). The fourth-order valence-electron chi connectivity index (χ4n) is 4.16. The molecule has 0 atom stereocenters. The number of anilines is 2. The van der Waals surface area contributed by atoms with Crippen molar-refractivity contribution in [1.29, 1.82) is 0 Å². The van der Waals surface area contributed by atoms with E-state index in [4.69, 9.17) is 19.2 Å². The molecule has 248 valence electrons. The molecule has 10 nitrogen and oxygen atoms in total. The highest BCUT2D eigenvalue weighted by Gasteiger charge is 2.26. The van der Waals surface area contributed by atoms with Crippen LogP contribution in [-0.2, 0) is 14.2 Å². The number of hydrogen-bond donors (Lipinski definition) is 1. The number of methoxy groups -OCH3 is 2. The standard InChI is InChI=1S/C33H41F3N6O4/c1-22(16-26(45-8)17-23(2)44-7)42(15-9-14-37-21-33(34,35)36)25-11-12-27-28(18-25)40-29(20-38-27)24-10-13-30(39-19-24)41(6)31(43)46-32(3,4)5/h10-13,16-20,37H,1,9,14-15,21H2,2-8H3/b23-17+,26-16+. The number of alkyl halides is 3. The molecule has 0 aliphatic rings. The predicted molar refractivity (Wildman–Crippen MR) is 173 cm³/mol. The van der Waals surface area contributed by atoms with Crippen LogP contribution in [0.25, 0.3) is 22.3 Å². The molecule has 1 N–H and O–H groups in total. The number of rotatable bonds is 13. The van der Waals surface area contributed by atoms with Crippen molar-refractivity contribution >= 4 is 28.6 Å². The van der Waals surface area contributed by atoms with Gasteiger partial charge in [0, 0.05) is 48.9 Å². The van der Waals surface area contributed by atoms with E-state index in [0.717, 1.165) is 0 Å². The van der Waals surface area contributed by atoms with Gasteiger partial charge in [0.1, 0.15) is 17.2 Å². The fraction of sp³-hybridized carbons (Fsp3) is 0.394. The Morgan fingerprint density at radius 3 is 2.37 bits per heavy atom. The lowest BCUT2D eigenvalue weighted by molar-refractivity contribution is -0.124. The van der Waals surface area contributed by atoms with E-state index in [9.17, 15) is 18.0 Å². The molecule has 0 fully saturated rings. The zero-order valence-corrected chi connectivity index (χ0v) is 27.2. The van der Waals surface area contributed by atoms with Crippen molar-refractivity contribution in [2.24, 2.45) is 0 Å². The molecule has 0 spiro atoms. The number of aromatic nitrogens is 3. The van der Waals surface area contributed by atoms with Crippen LogP contribution in [0.4, 0.5) is 29.5 Å². The van der Waals surface area contributed by atoms with Gasteiger partial charge in [-0.3, -0.25) is 9.88 Å². The van der Waals surface area contributed by atoms with Crippen molar-refractivity contribution in [2.45, 2.75) is 45.9 Å². The third-order valence-corrected chi connectivity index (χ3v) is 6.51. The van der Waals surface area contributed by atoms with E-state index < -0.39 is 24.4 Å². The number of benzene rings is 1. The largest absolute Gasteiger partial charge is 0.501 e. The monoisotopic (exact) mass is 642 g/mol. The van der Waals surface area contributed by atoms with E-state index in [-0.39, 0.29) is 6.54 Å². The summed E-state index contributed by atoms with van der Waals surface area (Å²) in [6.07, 6.45) is 2.25. The van der Waals surface area contributed by atoms with Gasteiger partial charge >= 0.3 is 12.3 Å². The molecule has 0 saturated carbocycles. The van der Waals surface area contributed by atoms with Gasteiger partial charge in [0.15, 0.2) is 0 Å². The van der Waals surface area contributed by atoms with Gasteiger partial charge in [-0.15, -0.1) is 0 Å². The normalized spacial score (nSPS) is 12.6. The van der Waals surface area contributed by atoms with Crippen LogP contribution >= 0.6 is 0 Å². The van der Waals surface area contributed by atoms with Crippen LogP contribution in [0.1, 0.15) is 34.1 Å². The quantitative estimate of drug-likeness (QED) is 0.120. The minimum absolute atomic E-state index is 0.149. The van der Waals surface area contributed by atoms with Crippen molar-refractivity contribution in [1.82, 2.24) is 20.3 Å². The number of ether oxygens (including phenoxy) is 3. The minimum Gasteiger partial charge on any atom is -0.501 e. The summed E-state index contributed by atoms with van der Waals surface area (Å²) in [5.41, 5.74) is 3.10. The molecule has 0 radical (unpaired) electrons. The summed E-state index contributed by atoms with van der Waals surface area (Å²) in [4.78, 5) is 29.4. The number of halogens is 3. The summed E-state index contributed by atoms with van der Waals surface area (Å²) >= 11 is 0. The SMILES string of the molecule is C=C(/C=C(\C=C(/C)OC)OC)N(CCCNCC(F)(F)F)c1ccc2ncc(-c3ccc(N(C)C(=O)OC(C)(C)C)nc3)nc2c1. The Morgan fingerprint density at radius 2 is 1.76 bits per heavy atom. The number of amides is 1. The van der Waals surface area contributed by atoms with Crippen LogP contribution in [0.5, 0.6) is 0 Å². The molecule has 1 amide bonds. The number of hydrogen-bond acceptors (Lipinski definition) is 9. The maximum Gasteiger partial charge on any atom is 0.415 e. The second-order valence-corrected chi connectivity index (χ2v) is 11.4. The number of carbonyl (C=O) groups excluding carboxylic acids is 1. The van der Waals surface area contributed by atoms with Crippen molar-refractivity contribution < 1.29 is 32.2 Å². The van der Waals surface area contributed by atoms with Crippen LogP contribution in [-0.4, -0.2) is 73.7 Å². The van der Waals surface area contributed by atoms with Gasteiger partial charge in [-0.25, -0.2) is 14.8 Å². The molecule has 0 unspecified atom stereocenters. The van der Waals surface area contributed by atoms with E-state index in [0.29, 0.717) is 64.0 Å². The van der Waals surface area contributed by atoms with Crippen molar-refractivity contribution in [3.05, 3.63) is 78.7 Å². The first-order valence-electron chi connectivity index (χ1n) is 14.5. The summed E-state index contributed by atoms with van der Waals surface area (Å²) in [6.45, 7) is 10.8. The first-order valence-corrected chi connectivity index (χ1v) is 14.5. The van der Waals surface area contributed by atoms with E-state index >= 15 is 0 Å². The summed E-state index contributed by atoms with van der Waals surface area (Å²) in [6, 6.07) is 8.99. The molecule has 0 aliphatic carbocycles. The van der Waals surface area contributed by atoms with Crippen molar-refractivity contribution in [3.8, 4) is 11.3 Å². The zero-order chi connectivity index (χ0) is 34.1. The zero-order valence-electron chi connectivity index (χ0n) is 27.2. The Balaban J connectivity index is 1.90. The summed E-state index contributed by atoms with van der Waals surface area (Å²) in [5, 5.41) is 2.43. The summed E-state index contributed by atoms with van der Waals surface area (Å²) in [5.74, 6) is 1.52. The van der Waals surface area contributed by atoms with Gasteiger partial charge in [0.25, 0.3) is 0 Å². The van der Waals surface area contributed by atoms with Crippen LogP contribution in [0.3, 0.4) is 0 Å². The molecule has 1 aromatic carbocycles. The number of nitrogens with zero attached hydrogens (tertiary/aromatic N) is 5. The molecular weight excluding hydrogens is 601 g/mol. The van der Waals surface area contributed by atoms with Gasteiger partial charge < -0.3 is 24.4 Å². The number of carbonyl (C=O) groups is 1. The van der Waals surface area contributed by atoms with E-state index in [1.807, 2.05) is 23.1 Å². The highest BCUT2D eigenvalue weighted by atomic mass is 19.4. The number of allylic oxidation sites excluding steroid dienone is 3. The lowest BCUT2D eigenvalue weighted by Crippen LogP contribution is -2.34. The van der Waals surface area contributed by atoms with Gasteiger partial charge in [0.2, 0.25) is 0 Å². The van der Waals surface area contributed by atoms with Crippen LogP contribution < -0.4 is 15.1 Å². The predicted octanol–water partition coefficient (Wildman–Crippen LogP) is 7.01. The molecule has 0 bridgehead atoms. The van der Waals surface area contributed by atoms with Gasteiger partial charge in [0.05, 0.1) is 49.4 Å². The maximum absolute atomic E-state index is 12.6. The number of pyridine rings is 1. The van der Waals surface area contributed by atoms with Gasteiger partial charge in [-0.1, -0.05) is 6.58 Å². The Morgan fingerprint density at radius 1 is 1.02 bits per heavy atom.